The topological polar surface area (TPSA) is 15.3 Å². The van der Waals surface area contributed by atoms with Gasteiger partial charge in [-0.2, -0.15) is 0 Å². The van der Waals surface area contributed by atoms with E-state index < -0.39 is 0 Å². The fourth-order valence-electron chi connectivity index (χ4n) is 2.61. The Kier molecular flexibility index (Phi) is 5.16. The van der Waals surface area contributed by atoms with Gasteiger partial charge in [-0.05, 0) is 58.1 Å². The van der Waals surface area contributed by atoms with E-state index in [2.05, 4.69) is 57.1 Å². The molecule has 0 amide bonds. The molecular weight excluding hydrogens is 208 g/mol. The van der Waals surface area contributed by atoms with Crippen molar-refractivity contribution in [2.24, 2.45) is 0 Å². The number of nitrogens with zero attached hydrogens (tertiary/aromatic N) is 1. The van der Waals surface area contributed by atoms with Crippen molar-refractivity contribution in [1.29, 1.82) is 0 Å². The normalized spacial score (nSPS) is 13.1. The smallest absolute Gasteiger partial charge is 0.0474 e. The molecule has 1 aromatic rings. The highest BCUT2D eigenvalue weighted by Gasteiger charge is 2.19. The summed E-state index contributed by atoms with van der Waals surface area (Å²) in [5.41, 5.74) is 5.64. The number of hydrogen-bond acceptors (Lipinski definition) is 2. The minimum atomic E-state index is 0.464. The van der Waals surface area contributed by atoms with E-state index in [1.165, 1.54) is 22.3 Å². The molecule has 2 heteroatoms. The van der Waals surface area contributed by atoms with E-state index >= 15 is 0 Å². The highest BCUT2D eigenvalue weighted by atomic mass is 15.1. The molecule has 0 bridgehead atoms. The van der Waals surface area contributed by atoms with Crippen LogP contribution in [-0.4, -0.2) is 32.1 Å². The van der Waals surface area contributed by atoms with Crippen LogP contribution in [0.25, 0.3) is 0 Å². The van der Waals surface area contributed by atoms with Crippen LogP contribution < -0.4 is 5.32 Å². The molecule has 2 nitrogen and oxygen atoms in total. The van der Waals surface area contributed by atoms with Gasteiger partial charge in [0.05, 0.1) is 0 Å². The van der Waals surface area contributed by atoms with Crippen LogP contribution in [0.4, 0.5) is 0 Å². The van der Waals surface area contributed by atoms with Crippen molar-refractivity contribution < 1.29 is 0 Å². The number of hydrogen-bond donors (Lipinski definition) is 1. The maximum Gasteiger partial charge on any atom is 0.0474 e. The quantitative estimate of drug-likeness (QED) is 0.843. The summed E-state index contributed by atoms with van der Waals surface area (Å²) in [5, 5.41) is 3.31. The lowest BCUT2D eigenvalue weighted by Crippen LogP contribution is -2.33. The van der Waals surface area contributed by atoms with Gasteiger partial charge in [0.1, 0.15) is 0 Å². The third-order valence-corrected chi connectivity index (χ3v) is 3.50. The highest BCUT2D eigenvalue weighted by molar-refractivity contribution is 5.39. The summed E-state index contributed by atoms with van der Waals surface area (Å²) in [7, 11) is 4.22. The summed E-state index contributed by atoms with van der Waals surface area (Å²) < 4.78 is 0. The second-order valence-corrected chi connectivity index (χ2v) is 4.96. The van der Waals surface area contributed by atoms with Crippen LogP contribution in [0.5, 0.6) is 0 Å². The number of aryl methyl sites for hydroxylation is 3. The summed E-state index contributed by atoms with van der Waals surface area (Å²) in [6.45, 7) is 10.9. The first-order valence-corrected chi connectivity index (χ1v) is 6.43. The van der Waals surface area contributed by atoms with Gasteiger partial charge in [-0.3, -0.25) is 4.90 Å². The van der Waals surface area contributed by atoms with E-state index in [-0.39, 0.29) is 0 Å². The molecule has 1 N–H and O–H groups in total. The van der Waals surface area contributed by atoms with Crippen molar-refractivity contribution in [1.82, 2.24) is 10.2 Å². The lowest BCUT2D eigenvalue weighted by atomic mass is 9.93. The molecule has 1 unspecified atom stereocenters. The van der Waals surface area contributed by atoms with Gasteiger partial charge in [0.15, 0.2) is 0 Å². The Morgan fingerprint density at radius 1 is 1.18 bits per heavy atom. The summed E-state index contributed by atoms with van der Waals surface area (Å²) in [4.78, 5) is 2.40. The first kappa shape index (κ1) is 14.2. The molecule has 1 aromatic carbocycles. The van der Waals surface area contributed by atoms with E-state index in [0.717, 1.165) is 13.1 Å². The number of likely N-dealkylation sites (N-methyl/N-ethyl adjacent to an activating group) is 2. The highest BCUT2D eigenvalue weighted by Crippen LogP contribution is 2.26. The molecule has 0 aliphatic heterocycles. The predicted octanol–water partition coefficient (Wildman–Crippen LogP) is 2.82. The number of benzene rings is 1. The van der Waals surface area contributed by atoms with Gasteiger partial charge in [0, 0.05) is 12.6 Å². The van der Waals surface area contributed by atoms with Crippen molar-refractivity contribution in [3.8, 4) is 0 Å². The van der Waals surface area contributed by atoms with Crippen LogP contribution in [0.3, 0.4) is 0 Å². The fourth-order valence-corrected chi connectivity index (χ4v) is 2.61. The van der Waals surface area contributed by atoms with Crippen molar-refractivity contribution in [2.75, 3.05) is 27.2 Å². The summed E-state index contributed by atoms with van der Waals surface area (Å²) in [6.07, 6.45) is 0. The zero-order chi connectivity index (χ0) is 13.0. The third kappa shape index (κ3) is 3.30. The largest absolute Gasteiger partial charge is 0.318 e. The Balaban J connectivity index is 3.18. The first-order chi connectivity index (χ1) is 8.01. The van der Waals surface area contributed by atoms with Crippen molar-refractivity contribution in [3.63, 3.8) is 0 Å². The molecule has 0 saturated carbocycles. The molecule has 0 heterocycles. The summed E-state index contributed by atoms with van der Waals surface area (Å²) in [6, 6.07) is 5.04. The molecule has 0 saturated heterocycles. The van der Waals surface area contributed by atoms with Crippen LogP contribution in [-0.2, 0) is 0 Å². The van der Waals surface area contributed by atoms with Crippen molar-refractivity contribution >= 4 is 0 Å². The minimum Gasteiger partial charge on any atom is -0.318 e. The zero-order valence-electron chi connectivity index (χ0n) is 12.1. The van der Waals surface area contributed by atoms with Gasteiger partial charge in [-0.1, -0.05) is 24.6 Å². The Morgan fingerprint density at radius 2 is 1.71 bits per heavy atom. The Hall–Kier alpha value is -0.860. The van der Waals surface area contributed by atoms with E-state index in [1.54, 1.807) is 0 Å². The Labute approximate surface area is 106 Å². The van der Waals surface area contributed by atoms with Gasteiger partial charge < -0.3 is 5.32 Å². The predicted molar refractivity (Wildman–Crippen MR) is 75.6 cm³/mol. The van der Waals surface area contributed by atoms with E-state index in [9.17, 15) is 0 Å². The third-order valence-electron chi connectivity index (χ3n) is 3.50. The van der Waals surface area contributed by atoms with Crippen molar-refractivity contribution in [3.05, 3.63) is 34.4 Å². The number of nitrogens with one attached hydrogen (secondary N) is 1. The molecule has 0 aliphatic carbocycles. The van der Waals surface area contributed by atoms with E-state index in [0.29, 0.717) is 6.04 Å². The zero-order valence-corrected chi connectivity index (χ0v) is 12.1. The second-order valence-electron chi connectivity index (χ2n) is 4.96. The lowest BCUT2D eigenvalue weighted by Gasteiger charge is -2.30. The summed E-state index contributed by atoms with van der Waals surface area (Å²) in [5.74, 6) is 0. The molecule has 1 atom stereocenters. The molecule has 1 rings (SSSR count). The molecule has 0 spiro atoms. The van der Waals surface area contributed by atoms with E-state index in [1.807, 2.05) is 7.05 Å². The lowest BCUT2D eigenvalue weighted by molar-refractivity contribution is 0.252. The average molecular weight is 234 g/mol. The molecule has 96 valence electrons. The van der Waals surface area contributed by atoms with Crippen molar-refractivity contribution in [2.45, 2.75) is 33.7 Å². The SMILES string of the molecule is CCN(C)C(CNC)c1c(C)cc(C)cc1C. The molecule has 0 fully saturated rings. The van der Waals surface area contributed by atoms with Crippen LogP contribution in [0.15, 0.2) is 12.1 Å². The molecule has 0 aliphatic rings. The van der Waals surface area contributed by atoms with Gasteiger partial charge in [0.25, 0.3) is 0 Å². The van der Waals surface area contributed by atoms with Gasteiger partial charge in [-0.15, -0.1) is 0 Å². The number of rotatable bonds is 5. The second kappa shape index (κ2) is 6.18. The fraction of sp³-hybridized carbons (Fsp3) is 0.600. The molecule has 17 heavy (non-hydrogen) atoms. The van der Waals surface area contributed by atoms with Gasteiger partial charge >= 0.3 is 0 Å². The summed E-state index contributed by atoms with van der Waals surface area (Å²) >= 11 is 0. The maximum absolute atomic E-state index is 3.31. The molecule has 0 radical (unpaired) electrons. The van der Waals surface area contributed by atoms with Gasteiger partial charge in [-0.25, -0.2) is 0 Å². The monoisotopic (exact) mass is 234 g/mol. The first-order valence-electron chi connectivity index (χ1n) is 6.43. The molecule has 0 aromatic heterocycles. The van der Waals surface area contributed by atoms with Crippen LogP contribution >= 0.6 is 0 Å². The Morgan fingerprint density at radius 3 is 2.12 bits per heavy atom. The minimum absolute atomic E-state index is 0.464. The molecular formula is C15H26N2. The standard InChI is InChI=1S/C15H26N2/c1-7-17(6)14(10-16-5)15-12(3)8-11(2)9-13(15)4/h8-9,14,16H,7,10H2,1-6H3. The van der Waals surface area contributed by atoms with Crippen LogP contribution in [0.2, 0.25) is 0 Å². The van der Waals surface area contributed by atoms with Gasteiger partial charge in [0.2, 0.25) is 0 Å². The van der Waals surface area contributed by atoms with Crippen LogP contribution in [0.1, 0.15) is 35.2 Å². The Bertz CT molecular complexity index is 348. The van der Waals surface area contributed by atoms with E-state index in [4.69, 9.17) is 0 Å². The average Bonchev–Trinajstić information content (AvgIpc) is 2.25. The maximum atomic E-state index is 3.31. The van der Waals surface area contributed by atoms with Crippen LogP contribution in [0, 0.1) is 20.8 Å².